The van der Waals surface area contributed by atoms with Gasteiger partial charge in [0.15, 0.2) is 5.96 Å². The second-order valence-corrected chi connectivity index (χ2v) is 5.28. The van der Waals surface area contributed by atoms with Crippen molar-refractivity contribution in [3.63, 3.8) is 0 Å². The third-order valence-electron chi connectivity index (χ3n) is 3.62. The van der Waals surface area contributed by atoms with E-state index in [1.807, 2.05) is 16.9 Å². The monoisotopic (exact) mass is 333 g/mol. The molecule has 1 unspecified atom stereocenters. The van der Waals surface area contributed by atoms with Crippen molar-refractivity contribution >= 4 is 5.96 Å². The number of aromatic nitrogens is 2. The summed E-state index contributed by atoms with van der Waals surface area (Å²) in [6.45, 7) is 2.18. The third kappa shape index (κ3) is 5.66. The van der Waals surface area contributed by atoms with Crippen molar-refractivity contribution in [2.75, 3.05) is 27.2 Å². The second-order valence-electron chi connectivity index (χ2n) is 5.28. The van der Waals surface area contributed by atoms with Gasteiger partial charge in [-0.25, -0.2) is 4.39 Å². The van der Waals surface area contributed by atoms with Crippen LogP contribution in [0.25, 0.3) is 0 Å². The van der Waals surface area contributed by atoms with Crippen molar-refractivity contribution in [1.82, 2.24) is 20.4 Å². The van der Waals surface area contributed by atoms with Crippen molar-refractivity contribution in [3.8, 4) is 0 Å². The molecule has 2 rings (SSSR count). The van der Waals surface area contributed by atoms with E-state index in [-0.39, 0.29) is 11.9 Å². The Morgan fingerprint density at radius 1 is 1.33 bits per heavy atom. The zero-order chi connectivity index (χ0) is 17.2. The lowest BCUT2D eigenvalue weighted by Crippen LogP contribution is -2.40. The molecule has 24 heavy (non-hydrogen) atoms. The van der Waals surface area contributed by atoms with E-state index in [9.17, 15) is 4.39 Å². The quantitative estimate of drug-likeness (QED) is 0.440. The van der Waals surface area contributed by atoms with E-state index in [1.165, 1.54) is 12.1 Å². The van der Waals surface area contributed by atoms with E-state index in [1.54, 1.807) is 32.5 Å². The van der Waals surface area contributed by atoms with Crippen molar-refractivity contribution in [1.29, 1.82) is 0 Å². The summed E-state index contributed by atoms with van der Waals surface area (Å²) >= 11 is 0. The molecule has 0 aliphatic carbocycles. The Kier molecular flexibility index (Phi) is 7.22. The number of aryl methyl sites for hydroxylation is 1. The van der Waals surface area contributed by atoms with Crippen LogP contribution in [0.4, 0.5) is 4.39 Å². The summed E-state index contributed by atoms with van der Waals surface area (Å²) in [5.74, 6) is 0.454. The minimum Gasteiger partial charge on any atom is -0.375 e. The lowest BCUT2D eigenvalue weighted by molar-refractivity contribution is 0.106. The largest absolute Gasteiger partial charge is 0.375 e. The fourth-order valence-electron chi connectivity index (χ4n) is 2.31. The molecule has 0 saturated heterocycles. The lowest BCUT2D eigenvalue weighted by Gasteiger charge is -2.18. The van der Waals surface area contributed by atoms with Crippen LogP contribution in [0.15, 0.2) is 47.7 Å². The minimum absolute atomic E-state index is 0.173. The van der Waals surface area contributed by atoms with Gasteiger partial charge in [-0.2, -0.15) is 5.10 Å². The van der Waals surface area contributed by atoms with E-state index in [0.717, 1.165) is 25.1 Å². The Morgan fingerprint density at radius 3 is 2.75 bits per heavy atom. The summed E-state index contributed by atoms with van der Waals surface area (Å²) in [6.07, 6.45) is 4.48. The molecule has 0 aliphatic heterocycles. The summed E-state index contributed by atoms with van der Waals surface area (Å²) in [5.41, 5.74) is 0.917. The van der Waals surface area contributed by atoms with Gasteiger partial charge in [0.05, 0.1) is 6.10 Å². The number of hydrogen-bond acceptors (Lipinski definition) is 3. The summed E-state index contributed by atoms with van der Waals surface area (Å²) in [7, 11) is 3.36. The van der Waals surface area contributed by atoms with E-state index >= 15 is 0 Å². The first-order valence-corrected chi connectivity index (χ1v) is 7.93. The Labute approximate surface area is 141 Å². The normalized spacial score (nSPS) is 12.9. The van der Waals surface area contributed by atoms with E-state index in [0.29, 0.717) is 12.5 Å². The van der Waals surface area contributed by atoms with Crippen LogP contribution in [-0.4, -0.2) is 43.0 Å². The van der Waals surface area contributed by atoms with Crippen LogP contribution in [0.1, 0.15) is 18.1 Å². The van der Waals surface area contributed by atoms with Gasteiger partial charge in [0.2, 0.25) is 0 Å². The molecular weight excluding hydrogens is 309 g/mol. The average Bonchev–Trinajstić information content (AvgIpc) is 3.12. The van der Waals surface area contributed by atoms with Crippen molar-refractivity contribution in [2.45, 2.75) is 19.1 Å². The molecule has 0 amide bonds. The third-order valence-corrected chi connectivity index (χ3v) is 3.62. The van der Waals surface area contributed by atoms with Gasteiger partial charge < -0.3 is 15.4 Å². The smallest absolute Gasteiger partial charge is 0.191 e. The summed E-state index contributed by atoms with van der Waals surface area (Å²) in [4.78, 5) is 4.19. The number of methoxy groups -OCH3 is 1. The Hall–Kier alpha value is -2.41. The first-order chi connectivity index (χ1) is 11.7. The van der Waals surface area contributed by atoms with Crippen LogP contribution < -0.4 is 10.6 Å². The molecule has 2 aromatic rings. The van der Waals surface area contributed by atoms with E-state index in [4.69, 9.17) is 4.74 Å². The second kappa shape index (κ2) is 9.67. The van der Waals surface area contributed by atoms with Gasteiger partial charge in [0.1, 0.15) is 5.82 Å². The highest BCUT2D eigenvalue weighted by Gasteiger charge is 2.11. The molecule has 1 heterocycles. The molecular formula is C17H24FN5O. The van der Waals surface area contributed by atoms with E-state index in [2.05, 4.69) is 20.7 Å². The summed E-state index contributed by atoms with van der Waals surface area (Å²) in [5, 5.41) is 10.6. The molecule has 0 aliphatic rings. The summed E-state index contributed by atoms with van der Waals surface area (Å²) in [6, 6.07) is 8.23. The SMILES string of the molecule is CN=C(NCCCn1cccn1)NCC(OC)c1ccc(F)cc1. The molecule has 1 aromatic carbocycles. The fraction of sp³-hybridized carbons (Fsp3) is 0.412. The number of nitrogens with one attached hydrogen (secondary N) is 2. The standard InChI is InChI=1S/C17H24FN5O/c1-19-17(20-9-3-11-23-12-4-10-22-23)21-13-16(24-2)14-5-7-15(18)8-6-14/h4-8,10,12,16H,3,9,11,13H2,1-2H3,(H2,19,20,21). The van der Waals surface area contributed by atoms with Gasteiger partial charge in [-0.05, 0) is 30.2 Å². The van der Waals surface area contributed by atoms with Crippen LogP contribution in [0.5, 0.6) is 0 Å². The van der Waals surface area contributed by atoms with Crippen LogP contribution in [0.2, 0.25) is 0 Å². The van der Waals surface area contributed by atoms with Crippen LogP contribution in [0, 0.1) is 5.82 Å². The maximum atomic E-state index is 13.0. The molecule has 0 bridgehead atoms. The molecule has 0 saturated carbocycles. The number of halogens is 1. The number of benzene rings is 1. The first-order valence-electron chi connectivity index (χ1n) is 7.93. The molecule has 1 atom stereocenters. The van der Waals surface area contributed by atoms with Crippen molar-refractivity contribution in [2.24, 2.45) is 4.99 Å². The predicted molar refractivity (Wildman–Crippen MR) is 92.4 cm³/mol. The zero-order valence-corrected chi connectivity index (χ0v) is 14.1. The maximum absolute atomic E-state index is 13.0. The van der Waals surface area contributed by atoms with Gasteiger partial charge in [-0.15, -0.1) is 0 Å². The number of ether oxygens (including phenoxy) is 1. The highest BCUT2D eigenvalue weighted by molar-refractivity contribution is 5.79. The minimum atomic E-state index is -0.253. The predicted octanol–water partition coefficient (Wildman–Crippen LogP) is 1.96. The molecule has 0 fully saturated rings. The Morgan fingerprint density at radius 2 is 2.12 bits per heavy atom. The van der Waals surface area contributed by atoms with Gasteiger partial charge >= 0.3 is 0 Å². The highest BCUT2D eigenvalue weighted by Crippen LogP contribution is 2.15. The molecule has 0 radical (unpaired) electrons. The lowest BCUT2D eigenvalue weighted by atomic mass is 10.1. The molecule has 6 nitrogen and oxygen atoms in total. The number of nitrogens with zero attached hydrogens (tertiary/aromatic N) is 3. The molecule has 130 valence electrons. The average molecular weight is 333 g/mol. The Bertz CT molecular complexity index is 612. The van der Waals surface area contributed by atoms with Crippen LogP contribution >= 0.6 is 0 Å². The number of guanidine groups is 1. The van der Waals surface area contributed by atoms with Gasteiger partial charge in [-0.1, -0.05) is 12.1 Å². The van der Waals surface area contributed by atoms with Gasteiger partial charge in [0, 0.05) is 46.2 Å². The van der Waals surface area contributed by atoms with Gasteiger partial charge in [0.25, 0.3) is 0 Å². The van der Waals surface area contributed by atoms with Gasteiger partial charge in [-0.3, -0.25) is 9.67 Å². The fourth-order valence-corrected chi connectivity index (χ4v) is 2.31. The van der Waals surface area contributed by atoms with Crippen molar-refractivity contribution < 1.29 is 9.13 Å². The maximum Gasteiger partial charge on any atom is 0.191 e. The number of hydrogen-bond donors (Lipinski definition) is 2. The molecule has 1 aromatic heterocycles. The molecule has 7 heteroatoms. The van der Waals surface area contributed by atoms with Crippen LogP contribution in [0.3, 0.4) is 0 Å². The van der Waals surface area contributed by atoms with E-state index < -0.39 is 0 Å². The van der Waals surface area contributed by atoms with Crippen molar-refractivity contribution in [3.05, 3.63) is 54.1 Å². The number of aliphatic imine (C=N–C) groups is 1. The molecule has 0 spiro atoms. The van der Waals surface area contributed by atoms with Crippen LogP contribution in [-0.2, 0) is 11.3 Å². The molecule has 2 N–H and O–H groups in total. The zero-order valence-electron chi connectivity index (χ0n) is 14.1. The summed E-state index contributed by atoms with van der Waals surface area (Å²) < 4.78 is 20.4. The Balaban J connectivity index is 1.74. The topological polar surface area (TPSA) is 63.5 Å². The first kappa shape index (κ1) is 17.9. The highest BCUT2D eigenvalue weighted by atomic mass is 19.1. The number of rotatable bonds is 8.